The molecule has 1 aromatic heterocycles. The highest BCUT2D eigenvalue weighted by molar-refractivity contribution is 5.92. The highest BCUT2D eigenvalue weighted by Crippen LogP contribution is 2.28. The molecule has 0 spiro atoms. The second-order valence-electron chi connectivity index (χ2n) is 7.67. The highest BCUT2D eigenvalue weighted by Gasteiger charge is 2.13. The van der Waals surface area contributed by atoms with Gasteiger partial charge in [-0.15, -0.1) is 24.8 Å². The molecule has 0 saturated carbocycles. The van der Waals surface area contributed by atoms with Crippen LogP contribution < -0.4 is 10.1 Å². The minimum Gasteiger partial charge on any atom is -0.493 e. The summed E-state index contributed by atoms with van der Waals surface area (Å²) >= 11 is 0. The minimum absolute atomic E-state index is 0. The highest BCUT2D eigenvalue weighted by atomic mass is 35.5. The summed E-state index contributed by atoms with van der Waals surface area (Å²) in [6.45, 7) is 3.78. The van der Waals surface area contributed by atoms with Crippen molar-refractivity contribution in [2.45, 2.75) is 32.3 Å². The third-order valence-electron chi connectivity index (χ3n) is 5.19. The number of pyridine rings is 1. The van der Waals surface area contributed by atoms with Gasteiger partial charge >= 0.3 is 5.97 Å². The normalized spacial score (nSPS) is 11.1. The van der Waals surface area contributed by atoms with E-state index in [4.69, 9.17) is 4.74 Å². The first-order valence-corrected chi connectivity index (χ1v) is 11.0. The predicted molar refractivity (Wildman–Crippen MR) is 140 cm³/mol. The van der Waals surface area contributed by atoms with Crippen molar-refractivity contribution < 1.29 is 19.7 Å². The molecule has 2 aromatic carbocycles. The van der Waals surface area contributed by atoms with Crippen molar-refractivity contribution in [1.29, 1.82) is 0 Å². The third kappa shape index (κ3) is 8.61. The van der Waals surface area contributed by atoms with Crippen molar-refractivity contribution in [1.82, 2.24) is 10.3 Å². The number of nitrogens with zero attached hydrogens (tertiary/aromatic N) is 1. The molecule has 0 fully saturated rings. The molecule has 0 aliphatic rings. The molecule has 0 saturated heterocycles. The zero-order valence-corrected chi connectivity index (χ0v) is 20.8. The van der Waals surface area contributed by atoms with Gasteiger partial charge in [0.2, 0.25) is 0 Å². The number of hydrogen-bond donors (Lipinski definition) is 3. The number of aromatic carboxylic acids is 1. The fourth-order valence-electron chi connectivity index (χ4n) is 3.42. The minimum atomic E-state index is -0.987. The molecule has 3 aromatic rings. The fraction of sp³-hybridized carbons (Fsp3) is 0.308. The summed E-state index contributed by atoms with van der Waals surface area (Å²) in [4.78, 5) is 15.5. The van der Waals surface area contributed by atoms with Gasteiger partial charge in [0, 0.05) is 24.5 Å². The van der Waals surface area contributed by atoms with Gasteiger partial charge in [0.25, 0.3) is 0 Å². The zero-order chi connectivity index (χ0) is 22.8. The van der Waals surface area contributed by atoms with Crippen LogP contribution in [-0.2, 0) is 6.42 Å². The van der Waals surface area contributed by atoms with Gasteiger partial charge < -0.3 is 20.3 Å². The number of carbonyl (C=O) groups is 1. The van der Waals surface area contributed by atoms with E-state index in [0.717, 1.165) is 42.5 Å². The number of rotatable bonds is 12. The molecule has 0 unspecified atom stereocenters. The number of carboxylic acids is 1. The van der Waals surface area contributed by atoms with Crippen LogP contribution in [0.25, 0.3) is 11.1 Å². The van der Waals surface area contributed by atoms with Gasteiger partial charge in [-0.2, -0.15) is 0 Å². The van der Waals surface area contributed by atoms with Gasteiger partial charge in [0.1, 0.15) is 11.3 Å². The van der Waals surface area contributed by atoms with E-state index in [-0.39, 0.29) is 30.4 Å². The lowest BCUT2D eigenvalue weighted by molar-refractivity contribution is 0.0692. The number of benzene rings is 2. The van der Waals surface area contributed by atoms with E-state index < -0.39 is 12.1 Å². The van der Waals surface area contributed by atoms with Crippen molar-refractivity contribution in [3.05, 3.63) is 83.7 Å². The fourth-order valence-corrected chi connectivity index (χ4v) is 3.42. The zero-order valence-electron chi connectivity index (χ0n) is 19.1. The van der Waals surface area contributed by atoms with Gasteiger partial charge in [-0.3, -0.25) is 4.98 Å². The Morgan fingerprint density at radius 3 is 2.47 bits per heavy atom. The van der Waals surface area contributed by atoms with Gasteiger partial charge in [-0.05, 0) is 60.7 Å². The number of halogens is 2. The first-order chi connectivity index (χ1) is 15.6. The van der Waals surface area contributed by atoms with Crippen molar-refractivity contribution >= 4 is 30.8 Å². The molecular weight excluding hydrogens is 475 g/mol. The van der Waals surface area contributed by atoms with Gasteiger partial charge in [-0.25, -0.2) is 4.79 Å². The summed E-state index contributed by atoms with van der Waals surface area (Å²) in [5, 5.41) is 22.8. The number of carboxylic acid groups (broad SMARTS) is 1. The Morgan fingerprint density at radius 1 is 1.09 bits per heavy atom. The average Bonchev–Trinajstić information content (AvgIpc) is 2.83. The number of aromatic nitrogens is 1. The van der Waals surface area contributed by atoms with Crippen LogP contribution in [0.1, 0.15) is 47.4 Å². The summed E-state index contributed by atoms with van der Waals surface area (Å²) in [6, 6.07) is 17.2. The number of ether oxygens (including phenoxy) is 1. The monoisotopic (exact) mass is 506 g/mol. The molecule has 34 heavy (non-hydrogen) atoms. The van der Waals surface area contributed by atoms with E-state index in [1.807, 2.05) is 37.3 Å². The van der Waals surface area contributed by atoms with E-state index in [1.54, 1.807) is 24.5 Å². The first kappa shape index (κ1) is 29.4. The molecule has 3 rings (SSSR count). The quantitative estimate of drug-likeness (QED) is 0.287. The maximum Gasteiger partial charge on any atom is 0.339 e. The summed E-state index contributed by atoms with van der Waals surface area (Å²) in [5.41, 5.74) is 4.17. The number of hydrogen-bond acceptors (Lipinski definition) is 5. The van der Waals surface area contributed by atoms with E-state index >= 15 is 0 Å². The number of nitrogens with one attached hydrogen (secondary N) is 1. The van der Waals surface area contributed by atoms with Crippen LogP contribution >= 0.6 is 24.8 Å². The average molecular weight is 507 g/mol. The Kier molecular flexibility index (Phi) is 13.2. The molecule has 0 aliphatic carbocycles. The van der Waals surface area contributed by atoms with E-state index in [9.17, 15) is 15.0 Å². The second kappa shape index (κ2) is 15.3. The molecule has 3 N–H and O–H groups in total. The Morgan fingerprint density at radius 2 is 1.82 bits per heavy atom. The SMILES string of the molecule is CCCOc1cc(-c2ccc(CCCNC[C@@H](O)c3cccnc3)cc2)ccc1C(=O)O.Cl.Cl. The van der Waals surface area contributed by atoms with Crippen LogP contribution in [0.2, 0.25) is 0 Å². The Labute approximate surface area is 213 Å². The lowest BCUT2D eigenvalue weighted by Gasteiger charge is -2.12. The number of aryl methyl sites for hydroxylation is 1. The molecule has 0 radical (unpaired) electrons. The molecule has 0 amide bonds. The molecule has 8 heteroatoms. The summed E-state index contributed by atoms with van der Waals surface area (Å²) in [5.74, 6) is -0.583. The van der Waals surface area contributed by atoms with Crippen molar-refractivity contribution in [3.8, 4) is 16.9 Å². The van der Waals surface area contributed by atoms with Gasteiger partial charge in [-0.1, -0.05) is 43.3 Å². The summed E-state index contributed by atoms with van der Waals surface area (Å²) < 4.78 is 5.65. The first-order valence-electron chi connectivity index (χ1n) is 11.0. The lowest BCUT2D eigenvalue weighted by Crippen LogP contribution is -2.22. The van der Waals surface area contributed by atoms with Crippen molar-refractivity contribution in [3.63, 3.8) is 0 Å². The van der Waals surface area contributed by atoms with Crippen molar-refractivity contribution in [2.75, 3.05) is 19.7 Å². The lowest BCUT2D eigenvalue weighted by atomic mass is 10.0. The van der Waals surface area contributed by atoms with Crippen molar-refractivity contribution in [2.24, 2.45) is 0 Å². The van der Waals surface area contributed by atoms with Crippen LogP contribution in [0.5, 0.6) is 5.75 Å². The number of aliphatic hydroxyl groups excluding tert-OH is 1. The molecular formula is C26H32Cl2N2O4. The molecule has 0 bridgehead atoms. The second-order valence-corrected chi connectivity index (χ2v) is 7.67. The summed E-state index contributed by atoms with van der Waals surface area (Å²) in [6.07, 6.45) is 5.53. The third-order valence-corrected chi connectivity index (χ3v) is 5.19. The van der Waals surface area contributed by atoms with Gasteiger partial charge in [0.15, 0.2) is 0 Å². The van der Waals surface area contributed by atoms with Gasteiger partial charge in [0.05, 0.1) is 12.7 Å². The molecule has 0 aliphatic heterocycles. The summed E-state index contributed by atoms with van der Waals surface area (Å²) in [7, 11) is 0. The topological polar surface area (TPSA) is 91.7 Å². The molecule has 184 valence electrons. The standard InChI is InChI=1S/C26H30N2O4.2ClH/c1-2-15-32-25-16-21(11-12-23(25)26(30)31)20-9-7-19(8-10-20)5-3-13-28-18-24(29)22-6-4-14-27-17-22;;/h4,6-12,14,16-17,24,28-29H,2-3,5,13,15,18H2,1H3,(H,30,31);2*1H/t24-;;/m1../s1. The van der Waals surface area contributed by atoms with Crippen LogP contribution in [0.3, 0.4) is 0 Å². The van der Waals surface area contributed by atoms with E-state index in [1.165, 1.54) is 5.56 Å². The van der Waals surface area contributed by atoms with Crippen LogP contribution in [0.15, 0.2) is 67.0 Å². The molecule has 1 atom stereocenters. The van der Waals surface area contributed by atoms with E-state index in [0.29, 0.717) is 18.9 Å². The predicted octanol–water partition coefficient (Wildman–Crippen LogP) is 5.34. The smallest absolute Gasteiger partial charge is 0.339 e. The number of aliphatic hydroxyl groups is 1. The Balaban J connectivity index is 0.00000289. The van der Waals surface area contributed by atoms with Crippen LogP contribution in [0.4, 0.5) is 0 Å². The molecule has 6 nitrogen and oxygen atoms in total. The van der Waals surface area contributed by atoms with E-state index in [2.05, 4.69) is 22.4 Å². The maximum atomic E-state index is 11.4. The largest absolute Gasteiger partial charge is 0.493 e. The molecule has 1 heterocycles. The maximum absolute atomic E-state index is 11.4. The van der Waals surface area contributed by atoms with Crippen LogP contribution in [0, 0.1) is 0 Å². The van der Waals surface area contributed by atoms with Crippen LogP contribution in [-0.4, -0.2) is 40.9 Å². The Hall–Kier alpha value is -2.64. The Bertz CT molecular complexity index is 1000.